The predicted octanol–water partition coefficient (Wildman–Crippen LogP) is 4.79. The summed E-state index contributed by atoms with van der Waals surface area (Å²) in [4.78, 5) is 0. The van der Waals surface area contributed by atoms with Gasteiger partial charge in [-0.1, -0.05) is 26.0 Å². The molecule has 0 amide bonds. The van der Waals surface area contributed by atoms with E-state index in [4.69, 9.17) is 0 Å². The van der Waals surface area contributed by atoms with Gasteiger partial charge in [0.1, 0.15) is 5.82 Å². The van der Waals surface area contributed by atoms with Crippen molar-refractivity contribution in [3.63, 3.8) is 0 Å². The van der Waals surface area contributed by atoms with E-state index in [2.05, 4.69) is 41.2 Å². The molecule has 2 fully saturated rings. The molecule has 1 N–H and O–H groups in total. The lowest BCUT2D eigenvalue weighted by Gasteiger charge is -2.32. The fourth-order valence-electron chi connectivity index (χ4n) is 4.07. The van der Waals surface area contributed by atoms with Crippen LogP contribution in [0.15, 0.2) is 22.7 Å². The Hall–Kier alpha value is -0.410. The van der Waals surface area contributed by atoms with Gasteiger partial charge in [-0.2, -0.15) is 0 Å². The Morgan fingerprint density at radius 3 is 2.71 bits per heavy atom. The number of rotatable bonds is 6. The van der Waals surface area contributed by atoms with Crippen molar-refractivity contribution in [2.24, 2.45) is 23.2 Å². The molecular weight excluding hydrogens is 329 g/mol. The van der Waals surface area contributed by atoms with Gasteiger partial charge in [0.15, 0.2) is 0 Å². The molecule has 2 atom stereocenters. The smallest absolute Gasteiger partial charge is 0.137 e. The van der Waals surface area contributed by atoms with E-state index >= 15 is 0 Å². The van der Waals surface area contributed by atoms with Crippen LogP contribution in [0.25, 0.3) is 0 Å². The summed E-state index contributed by atoms with van der Waals surface area (Å²) in [5, 5.41) is 3.65. The molecule has 1 nitrogen and oxygen atoms in total. The van der Waals surface area contributed by atoms with Crippen LogP contribution in [0.2, 0.25) is 0 Å². The molecule has 0 radical (unpaired) electrons. The normalized spacial score (nSPS) is 30.7. The van der Waals surface area contributed by atoms with E-state index in [-0.39, 0.29) is 5.82 Å². The second-order valence-corrected chi connectivity index (χ2v) is 8.37. The predicted molar refractivity (Wildman–Crippen MR) is 88.8 cm³/mol. The largest absolute Gasteiger partial charge is 0.316 e. The Morgan fingerprint density at radius 2 is 2.05 bits per heavy atom. The van der Waals surface area contributed by atoms with Crippen LogP contribution < -0.4 is 5.32 Å². The first-order valence-corrected chi connectivity index (χ1v) is 8.92. The average molecular weight is 354 g/mol. The van der Waals surface area contributed by atoms with Crippen molar-refractivity contribution >= 4 is 15.9 Å². The first-order chi connectivity index (χ1) is 9.99. The molecule has 3 heteroatoms. The van der Waals surface area contributed by atoms with E-state index in [0.717, 1.165) is 36.9 Å². The third-order valence-electron chi connectivity index (χ3n) is 5.11. The Kier molecular flexibility index (Phi) is 4.42. The van der Waals surface area contributed by atoms with Crippen molar-refractivity contribution in [3.05, 3.63) is 34.1 Å². The van der Waals surface area contributed by atoms with E-state index in [9.17, 15) is 4.39 Å². The van der Waals surface area contributed by atoms with Gasteiger partial charge in [0, 0.05) is 6.54 Å². The summed E-state index contributed by atoms with van der Waals surface area (Å²) in [6.07, 6.45) is 5.04. The summed E-state index contributed by atoms with van der Waals surface area (Å²) >= 11 is 3.43. The maximum atomic E-state index is 13.8. The minimum absolute atomic E-state index is 0.138. The van der Waals surface area contributed by atoms with Gasteiger partial charge in [-0.05, 0) is 83.0 Å². The molecule has 0 bridgehead atoms. The van der Waals surface area contributed by atoms with Gasteiger partial charge in [-0.3, -0.25) is 0 Å². The maximum absolute atomic E-state index is 13.8. The maximum Gasteiger partial charge on any atom is 0.137 e. The lowest BCUT2D eigenvalue weighted by atomic mass is 9.77. The highest BCUT2D eigenvalue weighted by molar-refractivity contribution is 9.10. The third-order valence-corrected chi connectivity index (χ3v) is 6.00. The quantitative estimate of drug-likeness (QED) is 0.774. The highest BCUT2D eigenvalue weighted by Gasteiger charge is 2.53. The molecule has 1 aromatic rings. The summed E-state index contributed by atoms with van der Waals surface area (Å²) in [6.45, 7) is 6.63. The number of benzene rings is 1. The van der Waals surface area contributed by atoms with Crippen LogP contribution >= 0.6 is 15.9 Å². The van der Waals surface area contributed by atoms with Crippen molar-refractivity contribution < 1.29 is 4.39 Å². The molecule has 2 saturated carbocycles. The number of halogens is 2. The highest BCUT2D eigenvalue weighted by atomic mass is 79.9. The van der Waals surface area contributed by atoms with Gasteiger partial charge in [0.2, 0.25) is 0 Å². The van der Waals surface area contributed by atoms with Gasteiger partial charge in [-0.25, -0.2) is 4.39 Å². The lowest BCUT2D eigenvalue weighted by molar-refractivity contribution is 0.244. The van der Waals surface area contributed by atoms with Gasteiger partial charge >= 0.3 is 0 Å². The minimum atomic E-state index is -0.138. The van der Waals surface area contributed by atoms with Crippen LogP contribution in [0.5, 0.6) is 0 Å². The van der Waals surface area contributed by atoms with Gasteiger partial charge in [-0.15, -0.1) is 0 Å². The van der Waals surface area contributed by atoms with E-state index in [1.165, 1.54) is 25.3 Å². The Morgan fingerprint density at radius 1 is 1.33 bits per heavy atom. The molecule has 0 aliphatic heterocycles. The van der Waals surface area contributed by atoms with Crippen LogP contribution in [0.1, 0.15) is 38.7 Å². The Bertz CT molecular complexity index is 504. The van der Waals surface area contributed by atoms with E-state index in [1.807, 2.05) is 6.07 Å². The molecule has 3 rings (SSSR count). The number of nitrogens with one attached hydrogen (secondary N) is 1. The van der Waals surface area contributed by atoms with Crippen LogP contribution in [-0.2, 0) is 6.42 Å². The van der Waals surface area contributed by atoms with Crippen molar-refractivity contribution in [1.29, 1.82) is 0 Å². The number of hydrogen-bond donors (Lipinski definition) is 1. The SMILES string of the molecule is CC(C)CNCC1(Cc2cccc(F)c2Br)CC2CC2C1. The van der Waals surface area contributed by atoms with Gasteiger partial charge in [0.25, 0.3) is 0 Å². The van der Waals surface area contributed by atoms with Crippen molar-refractivity contribution in [2.45, 2.75) is 39.5 Å². The van der Waals surface area contributed by atoms with Gasteiger partial charge in [0.05, 0.1) is 4.47 Å². The number of hydrogen-bond acceptors (Lipinski definition) is 1. The third kappa shape index (κ3) is 3.50. The monoisotopic (exact) mass is 353 g/mol. The molecule has 0 spiro atoms. The average Bonchev–Trinajstić information content (AvgIpc) is 3.03. The molecule has 0 heterocycles. The summed E-state index contributed by atoms with van der Waals surface area (Å²) in [6, 6.07) is 5.44. The lowest BCUT2D eigenvalue weighted by Crippen LogP contribution is -2.37. The van der Waals surface area contributed by atoms with E-state index in [0.29, 0.717) is 15.8 Å². The molecule has 116 valence electrons. The molecule has 1 aromatic carbocycles. The fourth-order valence-corrected chi connectivity index (χ4v) is 4.48. The van der Waals surface area contributed by atoms with E-state index in [1.54, 1.807) is 0 Å². The molecular formula is C18H25BrFN. The van der Waals surface area contributed by atoms with Crippen molar-refractivity contribution in [1.82, 2.24) is 5.32 Å². The zero-order valence-electron chi connectivity index (χ0n) is 13.0. The minimum Gasteiger partial charge on any atom is -0.316 e. The Balaban J connectivity index is 1.72. The zero-order chi connectivity index (χ0) is 15.0. The second kappa shape index (κ2) is 6.00. The first kappa shape index (κ1) is 15.5. The molecule has 2 unspecified atom stereocenters. The second-order valence-electron chi connectivity index (χ2n) is 7.58. The summed E-state index contributed by atoms with van der Waals surface area (Å²) in [5.74, 6) is 2.43. The molecule has 2 aliphatic carbocycles. The summed E-state index contributed by atoms with van der Waals surface area (Å²) in [5.41, 5.74) is 1.46. The van der Waals surface area contributed by atoms with E-state index < -0.39 is 0 Å². The van der Waals surface area contributed by atoms with Crippen molar-refractivity contribution in [3.8, 4) is 0 Å². The van der Waals surface area contributed by atoms with Gasteiger partial charge < -0.3 is 5.32 Å². The zero-order valence-corrected chi connectivity index (χ0v) is 14.5. The molecule has 2 aliphatic rings. The molecule has 0 saturated heterocycles. The standard InChI is InChI=1S/C18H25BrFN/c1-12(2)10-21-11-18(8-14-6-15(14)9-18)7-13-4-3-5-16(20)17(13)19/h3-5,12,14-15,21H,6-11H2,1-2H3. The fraction of sp³-hybridized carbons (Fsp3) is 0.667. The van der Waals surface area contributed by atoms with Crippen molar-refractivity contribution in [2.75, 3.05) is 13.1 Å². The van der Waals surface area contributed by atoms with Crippen LogP contribution in [0, 0.1) is 29.0 Å². The summed E-state index contributed by atoms with van der Waals surface area (Å²) in [7, 11) is 0. The topological polar surface area (TPSA) is 12.0 Å². The van der Waals surface area contributed by atoms with Crippen LogP contribution in [0.3, 0.4) is 0 Å². The molecule has 21 heavy (non-hydrogen) atoms. The first-order valence-electron chi connectivity index (χ1n) is 8.13. The molecule has 0 aromatic heterocycles. The number of fused-ring (bicyclic) bond motifs is 1. The highest BCUT2D eigenvalue weighted by Crippen LogP contribution is 2.60. The summed E-state index contributed by atoms with van der Waals surface area (Å²) < 4.78 is 14.4. The Labute approximate surface area is 135 Å². The van der Waals surface area contributed by atoms with Crippen LogP contribution in [0.4, 0.5) is 4.39 Å². The van der Waals surface area contributed by atoms with Crippen LogP contribution in [-0.4, -0.2) is 13.1 Å².